The lowest BCUT2D eigenvalue weighted by molar-refractivity contribution is 0.0691. The minimum atomic E-state index is -1.05. The van der Waals surface area contributed by atoms with Crippen molar-refractivity contribution in [2.45, 2.75) is 32.6 Å². The summed E-state index contributed by atoms with van der Waals surface area (Å²) in [5, 5.41) is 11.9. The minimum Gasteiger partial charge on any atom is -0.476 e. The van der Waals surface area contributed by atoms with Crippen molar-refractivity contribution in [1.29, 1.82) is 0 Å². The monoisotopic (exact) mass is 223 g/mol. The molecule has 5 heteroatoms. The average Bonchev–Trinajstić information content (AvgIpc) is 2.29. The molecule has 0 aromatic carbocycles. The van der Waals surface area contributed by atoms with Gasteiger partial charge in [0.25, 0.3) is 0 Å². The molecule has 2 N–H and O–H groups in total. The Morgan fingerprint density at radius 3 is 2.75 bits per heavy atom. The van der Waals surface area contributed by atoms with E-state index < -0.39 is 5.97 Å². The van der Waals surface area contributed by atoms with Crippen LogP contribution in [-0.4, -0.2) is 27.6 Å². The Morgan fingerprint density at radius 1 is 1.31 bits per heavy atom. The second kappa shape index (κ2) is 6.76. The van der Waals surface area contributed by atoms with Gasteiger partial charge in [-0.1, -0.05) is 26.2 Å². The number of aromatic nitrogens is 2. The number of hydrogen-bond acceptors (Lipinski definition) is 4. The first-order valence-corrected chi connectivity index (χ1v) is 5.54. The summed E-state index contributed by atoms with van der Waals surface area (Å²) in [5.74, 6) is -0.698. The first-order chi connectivity index (χ1) is 7.75. The maximum atomic E-state index is 10.8. The third kappa shape index (κ3) is 3.84. The zero-order chi connectivity index (χ0) is 11.8. The Balaban J connectivity index is 2.44. The van der Waals surface area contributed by atoms with Crippen LogP contribution in [0, 0.1) is 0 Å². The van der Waals surface area contributed by atoms with Gasteiger partial charge in [-0.25, -0.2) is 14.8 Å². The standard InChI is InChI=1S/C11H17N3O2/c1-2-3-4-5-6-13-10-9(11(15)16)12-7-8-14-10/h7-8H,2-6H2,1H3,(H,13,14)(H,15,16). The summed E-state index contributed by atoms with van der Waals surface area (Å²) in [6.45, 7) is 2.89. The highest BCUT2D eigenvalue weighted by atomic mass is 16.4. The Bertz CT molecular complexity index is 342. The van der Waals surface area contributed by atoms with Gasteiger partial charge in [-0.3, -0.25) is 0 Å². The summed E-state index contributed by atoms with van der Waals surface area (Å²) >= 11 is 0. The highest BCUT2D eigenvalue weighted by Gasteiger charge is 2.11. The molecule has 5 nitrogen and oxygen atoms in total. The molecule has 0 atom stereocenters. The average molecular weight is 223 g/mol. The van der Waals surface area contributed by atoms with Gasteiger partial charge in [0.1, 0.15) is 0 Å². The third-order valence-electron chi connectivity index (χ3n) is 2.22. The Morgan fingerprint density at radius 2 is 2.06 bits per heavy atom. The largest absolute Gasteiger partial charge is 0.476 e. The van der Waals surface area contributed by atoms with Gasteiger partial charge in [0.2, 0.25) is 0 Å². The number of anilines is 1. The van der Waals surface area contributed by atoms with Gasteiger partial charge in [0.15, 0.2) is 11.5 Å². The van der Waals surface area contributed by atoms with E-state index in [1.54, 1.807) is 0 Å². The smallest absolute Gasteiger partial charge is 0.358 e. The lowest BCUT2D eigenvalue weighted by Gasteiger charge is -2.06. The van der Waals surface area contributed by atoms with Gasteiger partial charge in [-0.05, 0) is 6.42 Å². The second-order valence-electron chi connectivity index (χ2n) is 3.55. The molecule has 0 aliphatic heterocycles. The summed E-state index contributed by atoms with van der Waals surface area (Å²) in [4.78, 5) is 18.5. The van der Waals surface area contributed by atoms with E-state index in [2.05, 4.69) is 22.2 Å². The van der Waals surface area contributed by atoms with Gasteiger partial charge in [0, 0.05) is 18.9 Å². The normalized spacial score (nSPS) is 10.1. The molecule has 0 bridgehead atoms. The van der Waals surface area contributed by atoms with Crippen molar-refractivity contribution >= 4 is 11.8 Å². The van der Waals surface area contributed by atoms with Crippen LogP contribution >= 0.6 is 0 Å². The predicted molar refractivity (Wildman–Crippen MR) is 61.6 cm³/mol. The van der Waals surface area contributed by atoms with Crippen molar-refractivity contribution in [3.05, 3.63) is 18.1 Å². The Hall–Kier alpha value is -1.65. The predicted octanol–water partition coefficient (Wildman–Crippen LogP) is 2.17. The van der Waals surface area contributed by atoms with E-state index in [1.165, 1.54) is 25.2 Å². The van der Waals surface area contributed by atoms with Crippen LogP contribution in [0.25, 0.3) is 0 Å². The fourth-order valence-corrected chi connectivity index (χ4v) is 1.38. The number of hydrogen-bond donors (Lipinski definition) is 2. The fourth-order valence-electron chi connectivity index (χ4n) is 1.38. The van der Waals surface area contributed by atoms with E-state index in [0.29, 0.717) is 5.82 Å². The molecule has 0 fully saturated rings. The molecule has 0 aliphatic rings. The maximum Gasteiger partial charge on any atom is 0.358 e. The SMILES string of the molecule is CCCCCCNc1nccnc1C(=O)O. The molecule has 1 rings (SSSR count). The molecular formula is C11H17N3O2. The molecule has 1 aromatic heterocycles. The van der Waals surface area contributed by atoms with Crippen LogP contribution in [0.4, 0.5) is 5.82 Å². The van der Waals surface area contributed by atoms with Crippen LogP contribution in [0.5, 0.6) is 0 Å². The van der Waals surface area contributed by atoms with E-state index in [-0.39, 0.29) is 5.69 Å². The summed E-state index contributed by atoms with van der Waals surface area (Å²) in [6, 6.07) is 0. The summed E-state index contributed by atoms with van der Waals surface area (Å²) in [6.07, 6.45) is 7.42. The zero-order valence-electron chi connectivity index (χ0n) is 9.44. The molecule has 0 radical (unpaired) electrons. The Labute approximate surface area is 94.9 Å². The molecule has 16 heavy (non-hydrogen) atoms. The van der Waals surface area contributed by atoms with Crippen molar-refractivity contribution in [3.63, 3.8) is 0 Å². The number of carboxylic acids is 1. The molecule has 0 saturated heterocycles. The highest BCUT2D eigenvalue weighted by molar-refractivity contribution is 5.90. The van der Waals surface area contributed by atoms with Gasteiger partial charge in [0.05, 0.1) is 0 Å². The zero-order valence-corrected chi connectivity index (χ0v) is 9.44. The van der Waals surface area contributed by atoms with Crippen molar-refractivity contribution in [3.8, 4) is 0 Å². The van der Waals surface area contributed by atoms with E-state index >= 15 is 0 Å². The Kier molecular flexibility index (Phi) is 5.25. The van der Waals surface area contributed by atoms with Gasteiger partial charge in [-0.15, -0.1) is 0 Å². The van der Waals surface area contributed by atoms with E-state index in [9.17, 15) is 4.79 Å². The van der Waals surface area contributed by atoms with Gasteiger partial charge < -0.3 is 10.4 Å². The lowest BCUT2D eigenvalue weighted by Crippen LogP contribution is -2.11. The van der Waals surface area contributed by atoms with Gasteiger partial charge in [-0.2, -0.15) is 0 Å². The number of carbonyl (C=O) groups is 1. The first-order valence-electron chi connectivity index (χ1n) is 5.54. The molecule has 0 unspecified atom stereocenters. The molecule has 1 heterocycles. The quantitative estimate of drug-likeness (QED) is 0.693. The van der Waals surface area contributed by atoms with Crippen LogP contribution in [0.15, 0.2) is 12.4 Å². The number of nitrogens with zero attached hydrogens (tertiary/aromatic N) is 2. The number of aromatic carboxylic acids is 1. The molecule has 0 saturated carbocycles. The van der Waals surface area contributed by atoms with Crippen molar-refractivity contribution < 1.29 is 9.90 Å². The van der Waals surface area contributed by atoms with Crippen LogP contribution in [0.1, 0.15) is 43.1 Å². The molecule has 0 amide bonds. The molecule has 1 aromatic rings. The lowest BCUT2D eigenvalue weighted by atomic mass is 10.2. The topological polar surface area (TPSA) is 75.1 Å². The van der Waals surface area contributed by atoms with Crippen molar-refractivity contribution in [1.82, 2.24) is 9.97 Å². The fraction of sp³-hybridized carbons (Fsp3) is 0.545. The van der Waals surface area contributed by atoms with E-state index in [1.807, 2.05) is 0 Å². The highest BCUT2D eigenvalue weighted by Crippen LogP contribution is 2.08. The third-order valence-corrected chi connectivity index (χ3v) is 2.22. The number of unbranched alkanes of at least 4 members (excludes halogenated alkanes) is 3. The molecule has 0 aliphatic carbocycles. The molecule has 88 valence electrons. The van der Waals surface area contributed by atoms with Crippen LogP contribution in [-0.2, 0) is 0 Å². The van der Waals surface area contributed by atoms with Crippen molar-refractivity contribution in [2.75, 3.05) is 11.9 Å². The number of rotatable bonds is 7. The number of nitrogens with one attached hydrogen (secondary N) is 1. The van der Waals surface area contributed by atoms with E-state index in [0.717, 1.165) is 19.4 Å². The summed E-state index contributed by atoms with van der Waals surface area (Å²) < 4.78 is 0. The van der Waals surface area contributed by atoms with E-state index in [4.69, 9.17) is 5.11 Å². The summed E-state index contributed by atoms with van der Waals surface area (Å²) in [7, 11) is 0. The van der Waals surface area contributed by atoms with Crippen LogP contribution < -0.4 is 5.32 Å². The van der Waals surface area contributed by atoms with Gasteiger partial charge >= 0.3 is 5.97 Å². The van der Waals surface area contributed by atoms with Crippen LogP contribution in [0.3, 0.4) is 0 Å². The number of carboxylic acid groups (broad SMARTS) is 1. The second-order valence-corrected chi connectivity index (χ2v) is 3.55. The maximum absolute atomic E-state index is 10.8. The van der Waals surface area contributed by atoms with Crippen LogP contribution in [0.2, 0.25) is 0 Å². The molecule has 0 spiro atoms. The summed E-state index contributed by atoms with van der Waals surface area (Å²) in [5.41, 5.74) is -0.0157. The van der Waals surface area contributed by atoms with Crippen molar-refractivity contribution in [2.24, 2.45) is 0 Å². The molecular weight excluding hydrogens is 206 g/mol. The minimum absolute atomic E-state index is 0.0157. The first kappa shape index (κ1) is 12.4.